The zero-order valence-corrected chi connectivity index (χ0v) is 14.9. The van der Waals surface area contributed by atoms with Gasteiger partial charge in [0.2, 0.25) is 0 Å². The van der Waals surface area contributed by atoms with Crippen LogP contribution >= 0.6 is 0 Å². The number of carbonyl (C=O) groups is 2. The summed E-state index contributed by atoms with van der Waals surface area (Å²) >= 11 is 0. The van der Waals surface area contributed by atoms with Crippen molar-refractivity contribution in [3.8, 4) is 24.7 Å². The molecule has 0 fully saturated rings. The first-order chi connectivity index (χ1) is 13.6. The summed E-state index contributed by atoms with van der Waals surface area (Å²) < 4.78 is 0. The molecule has 0 bridgehead atoms. The van der Waals surface area contributed by atoms with E-state index < -0.39 is 0 Å². The monoisotopic (exact) mass is 364 g/mol. The second-order valence-corrected chi connectivity index (χ2v) is 5.93. The number of nitrogens with one attached hydrogen (secondary N) is 2. The molecule has 0 unspecified atom stereocenters. The van der Waals surface area contributed by atoms with Gasteiger partial charge < -0.3 is 10.6 Å². The van der Waals surface area contributed by atoms with Gasteiger partial charge in [0.05, 0.1) is 0 Å². The standard InChI is InChI=1S/C24H16N2O2/c1-3-17-5-13-21(14-6-17)25-23(27)19-9-11-20(12-10-19)24(28)26-22-15-7-18(4-2)8-16-22/h1-2,5-16H,(H,25,27)(H,26,28). The van der Waals surface area contributed by atoms with Crippen LogP contribution in [0.15, 0.2) is 72.8 Å². The molecule has 0 saturated carbocycles. The van der Waals surface area contributed by atoms with E-state index in [0.29, 0.717) is 22.5 Å². The summed E-state index contributed by atoms with van der Waals surface area (Å²) in [6.07, 6.45) is 10.6. The highest BCUT2D eigenvalue weighted by Gasteiger charge is 2.10. The van der Waals surface area contributed by atoms with Gasteiger partial charge >= 0.3 is 0 Å². The molecule has 28 heavy (non-hydrogen) atoms. The van der Waals surface area contributed by atoms with Gasteiger partial charge in [-0.15, -0.1) is 12.8 Å². The molecule has 134 valence electrons. The van der Waals surface area contributed by atoms with Crippen LogP contribution in [0.3, 0.4) is 0 Å². The van der Waals surface area contributed by atoms with E-state index >= 15 is 0 Å². The molecule has 2 amide bonds. The van der Waals surface area contributed by atoms with Gasteiger partial charge in [0.1, 0.15) is 0 Å². The van der Waals surface area contributed by atoms with Crippen LogP contribution in [0, 0.1) is 24.7 Å². The molecule has 3 rings (SSSR count). The Bertz CT molecular complexity index is 991. The van der Waals surface area contributed by atoms with Crippen molar-refractivity contribution in [2.24, 2.45) is 0 Å². The summed E-state index contributed by atoms with van der Waals surface area (Å²) in [5.74, 6) is 4.49. The smallest absolute Gasteiger partial charge is 0.255 e. The molecule has 3 aromatic carbocycles. The quantitative estimate of drug-likeness (QED) is 0.683. The summed E-state index contributed by atoms with van der Waals surface area (Å²) in [4.78, 5) is 24.7. The van der Waals surface area contributed by atoms with E-state index in [0.717, 1.165) is 11.1 Å². The lowest BCUT2D eigenvalue weighted by atomic mass is 10.1. The van der Waals surface area contributed by atoms with E-state index in [4.69, 9.17) is 12.8 Å². The number of anilines is 2. The van der Waals surface area contributed by atoms with Gasteiger partial charge in [0.25, 0.3) is 11.8 Å². The Morgan fingerprint density at radius 1 is 0.571 bits per heavy atom. The van der Waals surface area contributed by atoms with E-state index in [-0.39, 0.29) is 11.8 Å². The van der Waals surface area contributed by atoms with Crippen molar-refractivity contribution in [2.75, 3.05) is 10.6 Å². The van der Waals surface area contributed by atoms with Gasteiger partial charge in [-0.25, -0.2) is 0 Å². The summed E-state index contributed by atoms with van der Waals surface area (Å²) in [6.45, 7) is 0. The molecule has 4 nitrogen and oxygen atoms in total. The molecule has 0 atom stereocenters. The van der Waals surface area contributed by atoms with E-state index in [1.165, 1.54) is 0 Å². The maximum Gasteiger partial charge on any atom is 0.255 e. The van der Waals surface area contributed by atoms with Crippen LogP contribution in [0.2, 0.25) is 0 Å². The molecule has 0 aliphatic carbocycles. The van der Waals surface area contributed by atoms with Crippen LogP contribution in [0.1, 0.15) is 31.8 Å². The van der Waals surface area contributed by atoms with Crippen molar-refractivity contribution in [2.45, 2.75) is 0 Å². The minimum atomic E-state index is -0.273. The Labute approximate surface area is 163 Å². The van der Waals surface area contributed by atoms with Gasteiger partial charge in [0.15, 0.2) is 0 Å². The molecule has 0 radical (unpaired) electrons. The second kappa shape index (κ2) is 8.40. The second-order valence-electron chi connectivity index (χ2n) is 5.93. The molecule has 2 N–H and O–H groups in total. The zero-order valence-electron chi connectivity index (χ0n) is 14.9. The summed E-state index contributed by atoms with van der Waals surface area (Å²) in [5.41, 5.74) is 3.64. The lowest BCUT2D eigenvalue weighted by Crippen LogP contribution is -2.14. The fourth-order valence-corrected chi connectivity index (χ4v) is 2.48. The van der Waals surface area contributed by atoms with E-state index in [9.17, 15) is 9.59 Å². The minimum absolute atomic E-state index is 0.273. The fraction of sp³-hybridized carbons (Fsp3) is 0. The SMILES string of the molecule is C#Cc1ccc(NC(=O)c2ccc(C(=O)Nc3ccc(C#C)cc3)cc2)cc1. The number of benzene rings is 3. The zero-order chi connectivity index (χ0) is 19.9. The third-order valence-corrected chi connectivity index (χ3v) is 4.03. The van der Waals surface area contributed by atoms with E-state index in [2.05, 4.69) is 22.5 Å². The van der Waals surface area contributed by atoms with Crippen LogP contribution in [-0.4, -0.2) is 11.8 Å². The van der Waals surface area contributed by atoms with Gasteiger partial charge in [-0.3, -0.25) is 9.59 Å². The number of hydrogen-bond donors (Lipinski definition) is 2. The Balaban J connectivity index is 1.64. The van der Waals surface area contributed by atoms with Crippen molar-refractivity contribution in [3.63, 3.8) is 0 Å². The van der Waals surface area contributed by atoms with Crippen LogP contribution in [0.4, 0.5) is 11.4 Å². The Morgan fingerprint density at radius 3 is 1.18 bits per heavy atom. The highest BCUT2D eigenvalue weighted by atomic mass is 16.2. The third-order valence-electron chi connectivity index (χ3n) is 4.03. The van der Waals surface area contributed by atoms with Gasteiger partial charge in [0, 0.05) is 33.6 Å². The molecule has 0 aliphatic rings. The third kappa shape index (κ3) is 4.46. The lowest BCUT2D eigenvalue weighted by molar-refractivity contribution is 0.101. The van der Waals surface area contributed by atoms with Crippen molar-refractivity contribution >= 4 is 23.2 Å². The first kappa shape index (κ1) is 18.5. The van der Waals surface area contributed by atoms with Gasteiger partial charge in [-0.2, -0.15) is 0 Å². The molecule has 0 heterocycles. The van der Waals surface area contributed by atoms with Gasteiger partial charge in [-0.05, 0) is 72.8 Å². The Morgan fingerprint density at radius 2 is 0.893 bits per heavy atom. The van der Waals surface area contributed by atoms with Crippen LogP contribution in [0.5, 0.6) is 0 Å². The maximum absolute atomic E-state index is 12.3. The molecule has 0 saturated heterocycles. The average Bonchev–Trinajstić information content (AvgIpc) is 2.75. The van der Waals surface area contributed by atoms with Crippen molar-refractivity contribution < 1.29 is 9.59 Å². The summed E-state index contributed by atoms with van der Waals surface area (Å²) in [6, 6.07) is 20.3. The van der Waals surface area contributed by atoms with Crippen LogP contribution < -0.4 is 10.6 Å². The normalized spacial score (nSPS) is 9.64. The van der Waals surface area contributed by atoms with Gasteiger partial charge in [-0.1, -0.05) is 11.8 Å². The first-order valence-corrected chi connectivity index (χ1v) is 8.45. The van der Waals surface area contributed by atoms with Crippen molar-refractivity contribution in [1.82, 2.24) is 0 Å². The fourth-order valence-electron chi connectivity index (χ4n) is 2.48. The van der Waals surface area contributed by atoms with Crippen LogP contribution in [-0.2, 0) is 0 Å². The Kier molecular flexibility index (Phi) is 5.55. The van der Waals surface area contributed by atoms with Crippen molar-refractivity contribution in [3.05, 3.63) is 95.1 Å². The molecular weight excluding hydrogens is 348 g/mol. The molecule has 0 aromatic heterocycles. The highest BCUT2D eigenvalue weighted by molar-refractivity contribution is 6.07. The predicted molar refractivity (Wildman–Crippen MR) is 111 cm³/mol. The minimum Gasteiger partial charge on any atom is -0.322 e. The maximum atomic E-state index is 12.3. The predicted octanol–water partition coefficient (Wildman–Crippen LogP) is 4.15. The first-order valence-electron chi connectivity index (χ1n) is 8.45. The van der Waals surface area contributed by atoms with Crippen molar-refractivity contribution in [1.29, 1.82) is 0 Å². The number of terminal acetylenes is 2. The largest absolute Gasteiger partial charge is 0.322 e. The van der Waals surface area contributed by atoms with E-state index in [1.807, 2.05) is 0 Å². The average molecular weight is 364 g/mol. The molecule has 4 heteroatoms. The lowest BCUT2D eigenvalue weighted by Gasteiger charge is -2.08. The summed E-state index contributed by atoms with van der Waals surface area (Å²) in [7, 11) is 0. The molecular formula is C24H16N2O2. The molecule has 0 spiro atoms. The number of amides is 2. The highest BCUT2D eigenvalue weighted by Crippen LogP contribution is 2.14. The Hall–Kier alpha value is -4.28. The summed E-state index contributed by atoms with van der Waals surface area (Å²) in [5, 5.41) is 5.57. The molecule has 0 aliphatic heterocycles. The topological polar surface area (TPSA) is 58.2 Å². The number of hydrogen-bond acceptors (Lipinski definition) is 2. The molecule has 3 aromatic rings. The number of rotatable bonds is 4. The van der Waals surface area contributed by atoms with E-state index in [1.54, 1.807) is 72.8 Å². The van der Waals surface area contributed by atoms with Crippen LogP contribution in [0.25, 0.3) is 0 Å². The number of carbonyl (C=O) groups excluding carboxylic acids is 2.